The van der Waals surface area contributed by atoms with E-state index in [1.165, 1.54) is 24.0 Å². The van der Waals surface area contributed by atoms with Crippen molar-refractivity contribution in [1.29, 1.82) is 0 Å². The number of carbonyl (C=O) groups excluding carboxylic acids is 2. The number of anilines is 1. The van der Waals surface area contributed by atoms with Gasteiger partial charge in [-0.25, -0.2) is 4.79 Å². The molecule has 0 unspecified atom stereocenters. The highest BCUT2D eigenvalue weighted by atomic mass is 35.5. The van der Waals surface area contributed by atoms with E-state index in [0.717, 1.165) is 27.8 Å². The van der Waals surface area contributed by atoms with Gasteiger partial charge in [-0.3, -0.25) is 4.79 Å². The van der Waals surface area contributed by atoms with Crippen LogP contribution in [0.5, 0.6) is 0 Å². The molecule has 4 rings (SSSR count). The lowest BCUT2D eigenvalue weighted by Crippen LogP contribution is -2.14. The van der Waals surface area contributed by atoms with Crippen LogP contribution >= 0.6 is 22.9 Å². The normalized spacial score (nSPS) is 11.0. The molecule has 0 aliphatic rings. The molecular formula is C25H22ClNO4S. The molecule has 5 nitrogen and oxygen atoms in total. The Bertz CT molecular complexity index is 1350. The summed E-state index contributed by atoms with van der Waals surface area (Å²) in [5.74, 6) is -0.728. The van der Waals surface area contributed by atoms with Gasteiger partial charge >= 0.3 is 5.97 Å². The molecule has 0 saturated carbocycles. The average Bonchev–Trinajstić information content (AvgIpc) is 3.29. The molecule has 0 spiro atoms. The molecule has 0 atom stereocenters. The molecule has 0 saturated heterocycles. The van der Waals surface area contributed by atoms with Crippen molar-refractivity contribution in [2.24, 2.45) is 0 Å². The van der Waals surface area contributed by atoms with Crippen LogP contribution in [0.2, 0.25) is 5.02 Å². The number of thiophene rings is 1. The Morgan fingerprint density at radius 1 is 1.16 bits per heavy atom. The fraction of sp³-hybridized carbons (Fsp3) is 0.200. The predicted molar refractivity (Wildman–Crippen MR) is 129 cm³/mol. The summed E-state index contributed by atoms with van der Waals surface area (Å²) in [5.41, 5.74) is 4.34. The number of hydrogen-bond acceptors (Lipinski definition) is 5. The van der Waals surface area contributed by atoms with Gasteiger partial charge in [-0.2, -0.15) is 0 Å². The van der Waals surface area contributed by atoms with Crippen LogP contribution in [0.1, 0.15) is 43.8 Å². The molecule has 4 aromatic rings. The van der Waals surface area contributed by atoms with Gasteiger partial charge in [-0.05, 0) is 55.7 Å². The smallest absolute Gasteiger partial charge is 0.341 e. The van der Waals surface area contributed by atoms with E-state index in [1.807, 2.05) is 44.2 Å². The molecule has 0 fully saturated rings. The quantitative estimate of drug-likeness (QED) is 0.320. The zero-order chi connectivity index (χ0) is 23.0. The summed E-state index contributed by atoms with van der Waals surface area (Å²) in [6.07, 6.45) is 0.894. The van der Waals surface area contributed by atoms with Crippen molar-refractivity contribution in [2.75, 3.05) is 12.4 Å². The van der Waals surface area contributed by atoms with E-state index >= 15 is 0 Å². The second-order valence-corrected chi connectivity index (χ2v) is 9.09. The highest BCUT2D eigenvalue weighted by molar-refractivity contribution is 7.17. The molecule has 2 aromatic heterocycles. The number of esters is 1. The van der Waals surface area contributed by atoms with Gasteiger partial charge < -0.3 is 14.5 Å². The van der Waals surface area contributed by atoms with Crippen LogP contribution in [0.15, 0.2) is 46.9 Å². The van der Waals surface area contributed by atoms with Crippen LogP contribution in [-0.4, -0.2) is 19.0 Å². The highest BCUT2D eigenvalue weighted by Gasteiger charge is 2.27. The fourth-order valence-corrected chi connectivity index (χ4v) is 5.04. The third-order valence-corrected chi connectivity index (χ3v) is 6.68. The molecule has 7 heteroatoms. The summed E-state index contributed by atoms with van der Waals surface area (Å²) in [5, 5.41) is 4.74. The zero-order valence-corrected chi connectivity index (χ0v) is 19.7. The van der Waals surface area contributed by atoms with Gasteiger partial charge in [0.2, 0.25) is 0 Å². The molecule has 2 aromatic carbocycles. The van der Waals surface area contributed by atoms with Gasteiger partial charge in [0.1, 0.15) is 16.1 Å². The number of methoxy groups -OCH3 is 1. The van der Waals surface area contributed by atoms with Crippen LogP contribution in [0.3, 0.4) is 0 Å². The van der Waals surface area contributed by atoms with Gasteiger partial charge in [0.15, 0.2) is 5.76 Å². The van der Waals surface area contributed by atoms with Gasteiger partial charge in [-0.1, -0.05) is 36.7 Å². The second-order valence-electron chi connectivity index (χ2n) is 7.43. The van der Waals surface area contributed by atoms with Crippen molar-refractivity contribution in [1.82, 2.24) is 0 Å². The highest BCUT2D eigenvalue weighted by Crippen LogP contribution is 2.41. The minimum atomic E-state index is -0.534. The Balaban J connectivity index is 1.77. The Morgan fingerprint density at radius 3 is 2.62 bits per heavy atom. The fourth-order valence-electron chi connectivity index (χ4n) is 3.79. The first-order valence-corrected chi connectivity index (χ1v) is 11.3. The van der Waals surface area contributed by atoms with Crippen molar-refractivity contribution in [3.05, 3.63) is 74.8 Å². The lowest BCUT2D eigenvalue weighted by Gasteiger charge is -2.08. The van der Waals surface area contributed by atoms with Gasteiger partial charge in [-0.15, -0.1) is 11.3 Å². The lowest BCUT2D eigenvalue weighted by atomic mass is 10.0. The predicted octanol–water partition coefficient (Wildman–Crippen LogP) is 7.03. The Hall–Kier alpha value is -3.09. The monoisotopic (exact) mass is 467 g/mol. The van der Waals surface area contributed by atoms with Gasteiger partial charge in [0.25, 0.3) is 5.91 Å². The molecule has 0 aliphatic carbocycles. The van der Waals surface area contributed by atoms with Crippen molar-refractivity contribution in [3.8, 4) is 11.1 Å². The van der Waals surface area contributed by atoms with E-state index in [1.54, 1.807) is 12.1 Å². The first-order chi connectivity index (χ1) is 15.3. The van der Waals surface area contributed by atoms with Crippen LogP contribution in [-0.2, 0) is 11.2 Å². The Morgan fingerprint density at radius 2 is 1.94 bits per heavy atom. The number of rotatable bonds is 5. The van der Waals surface area contributed by atoms with Crippen molar-refractivity contribution >= 4 is 50.8 Å². The van der Waals surface area contributed by atoms with Crippen LogP contribution in [0.25, 0.3) is 22.1 Å². The molecule has 32 heavy (non-hydrogen) atoms. The molecular weight excluding hydrogens is 446 g/mol. The maximum atomic E-state index is 13.2. The summed E-state index contributed by atoms with van der Waals surface area (Å²) in [6, 6.07) is 13.1. The summed E-state index contributed by atoms with van der Waals surface area (Å²) >= 11 is 7.48. The number of carbonyl (C=O) groups is 2. The number of benzene rings is 2. The maximum Gasteiger partial charge on any atom is 0.341 e. The largest absolute Gasteiger partial charge is 0.465 e. The summed E-state index contributed by atoms with van der Waals surface area (Å²) < 4.78 is 10.9. The number of halogens is 1. The van der Waals surface area contributed by atoms with Crippen LogP contribution in [0.4, 0.5) is 5.00 Å². The van der Waals surface area contributed by atoms with E-state index in [9.17, 15) is 9.59 Å². The standard InChI is InChI=1S/C25H22ClNO4S/c1-5-15-9-10-19-18(11-15)13(2)22(31-19)23(28)27-24-21(25(29)30-4)20(14(3)32-24)16-7-6-8-17(26)12-16/h6-12H,5H2,1-4H3,(H,27,28). The first kappa shape index (κ1) is 22.1. The molecule has 1 N–H and O–H groups in total. The first-order valence-electron chi connectivity index (χ1n) is 10.1. The number of fused-ring (bicyclic) bond motifs is 1. The van der Waals surface area contributed by atoms with E-state index in [0.29, 0.717) is 26.7 Å². The van der Waals surface area contributed by atoms with Crippen molar-refractivity contribution < 1.29 is 18.7 Å². The molecule has 1 amide bonds. The maximum absolute atomic E-state index is 13.2. The second kappa shape index (κ2) is 8.81. The third-order valence-electron chi connectivity index (χ3n) is 5.43. The molecule has 0 aliphatic heterocycles. The molecule has 164 valence electrons. The average molecular weight is 468 g/mol. The number of aryl methyl sites for hydroxylation is 3. The number of ether oxygens (including phenoxy) is 1. The van der Waals surface area contributed by atoms with Crippen LogP contribution < -0.4 is 5.32 Å². The summed E-state index contributed by atoms with van der Waals surface area (Å²) in [7, 11) is 1.32. The molecule has 2 heterocycles. The van der Waals surface area contributed by atoms with E-state index in [4.69, 9.17) is 20.8 Å². The zero-order valence-electron chi connectivity index (χ0n) is 18.2. The minimum absolute atomic E-state index is 0.222. The van der Waals surface area contributed by atoms with E-state index < -0.39 is 11.9 Å². The van der Waals surface area contributed by atoms with Crippen molar-refractivity contribution in [2.45, 2.75) is 27.2 Å². The number of furan rings is 1. The minimum Gasteiger partial charge on any atom is -0.465 e. The lowest BCUT2D eigenvalue weighted by molar-refractivity contribution is 0.0603. The SMILES string of the molecule is CCc1ccc2oc(C(=O)Nc3sc(C)c(-c4cccc(Cl)c4)c3C(=O)OC)c(C)c2c1. The number of hydrogen-bond donors (Lipinski definition) is 1. The van der Waals surface area contributed by atoms with Gasteiger partial charge in [0.05, 0.1) is 7.11 Å². The number of amides is 1. The topological polar surface area (TPSA) is 68.5 Å². The third kappa shape index (κ3) is 3.92. The Labute approximate surface area is 195 Å². The summed E-state index contributed by atoms with van der Waals surface area (Å²) in [4.78, 5) is 26.7. The molecule has 0 bridgehead atoms. The van der Waals surface area contributed by atoms with Crippen LogP contribution in [0, 0.1) is 13.8 Å². The molecule has 0 radical (unpaired) electrons. The Kier molecular flexibility index (Phi) is 6.09. The number of nitrogens with one attached hydrogen (secondary N) is 1. The van der Waals surface area contributed by atoms with Crippen molar-refractivity contribution in [3.63, 3.8) is 0 Å². The van der Waals surface area contributed by atoms with E-state index in [2.05, 4.69) is 12.2 Å². The van der Waals surface area contributed by atoms with E-state index in [-0.39, 0.29) is 5.76 Å². The summed E-state index contributed by atoms with van der Waals surface area (Å²) in [6.45, 7) is 5.83. The van der Waals surface area contributed by atoms with Gasteiger partial charge in [0, 0.05) is 26.4 Å².